The van der Waals surface area contributed by atoms with Crippen LogP contribution in [-0.4, -0.2) is 34.8 Å². The number of fused-ring (bicyclic) bond motifs is 1. The van der Waals surface area contributed by atoms with Crippen LogP contribution in [0.4, 0.5) is 9.18 Å². The molecule has 2 unspecified atom stereocenters. The fraction of sp³-hybridized carbons (Fsp3) is 0.207. The van der Waals surface area contributed by atoms with E-state index >= 15 is 0 Å². The Labute approximate surface area is 218 Å². The van der Waals surface area contributed by atoms with Crippen molar-refractivity contribution in [3.8, 4) is 5.75 Å². The van der Waals surface area contributed by atoms with Gasteiger partial charge >= 0.3 is 12.0 Å². The van der Waals surface area contributed by atoms with Crippen molar-refractivity contribution < 1.29 is 23.5 Å². The Bertz CT molecular complexity index is 1520. The zero-order valence-corrected chi connectivity index (χ0v) is 20.6. The van der Waals surface area contributed by atoms with Gasteiger partial charge in [-0.05, 0) is 65.9 Å². The molecule has 0 bridgehead atoms. The van der Waals surface area contributed by atoms with Crippen molar-refractivity contribution in [2.45, 2.75) is 25.5 Å². The molecule has 0 radical (unpaired) electrons. The minimum absolute atomic E-state index is 0.111. The first-order valence-electron chi connectivity index (χ1n) is 12.1. The number of methoxy groups -OCH3 is 1. The molecule has 5 rings (SSSR count). The molecule has 0 saturated heterocycles. The van der Waals surface area contributed by atoms with Crippen LogP contribution < -0.4 is 10.1 Å². The van der Waals surface area contributed by atoms with E-state index in [1.807, 2.05) is 24.3 Å². The number of carbonyl (C=O) groups excluding carboxylic acids is 2. The molecule has 9 heteroatoms. The van der Waals surface area contributed by atoms with E-state index in [0.29, 0.717) is 46.5 Å². The number of nitrogens with zero attached hydrogens (tertiary/aromatic N) is 3. The van der Waals surface area contributed by atoms with Crippen LogP contribution in [0.15, 0.2) is 84.1 Å². The second kappa shape index (κ2) is 11.2. The number of carbonyl (C=O) groups is 2. The summed E-state index contributed by atoms with van der Waals surface area (Å²) in [5.74, 6) is -1.16. The van der Waals surface area contributed by atoms with Crippen molar-refractivity contribution in [3.63, 3.8) is 0 Å². The van der Waals surface area contributed by atoms with Crippen LogP contribution in [0.25, 0.3) is 11.0 Å². The van der Waals surface area contributed by atoms with Crippen molar-refractivity contribution in [1.82, 2.24) is 15.3 Å². The maximum atomic E-state index is 13.7. The van der Waals surface area contributed by atoms with Crippen LogP contribution >= 0.6 is 0 Å². The largest absolute Gasteiger partial charge is 0.497 e. The minimum Gasteiger partial charge on any atom is -0.497 e. The average Bonchev–Trinajstić information content (AvgIpc) is 2.94. The number of hydrogen-bond acceptors (Lipinski definition) is 6. The van der Waals surface area contributed by atoms with Gasteiger partial charge in [0.05, 0.1) is 24.2 Å². The maximum absolute atomic E-state index is 13.7. The number of rotatable bonds is 8. The van der Waals surface area contributed by atoms with Gasteiger partial charge in [0.1, 0.15) is 24.1 Å². The van der Waals surface area contributed by atoms with E-state index in [4.69, 9.17) is 9.47 Å². The Balaban J connectivity index is 1.45. The molecule has 3 aromatic carbocycles. The molecule has 2 amide bonds. The summed E-state index contributed by atoms with van der Waals surface area (Å²) in [5, 5.41) is 2.83. The molecule has 8 nitrogen and oxygen atoms in total. The molecule has 1 aliphatic rings. The Morgan fingerprint density at radius 3 is 2.55 bits per heavy atom. The van der Waals surface area contributed by atoms with Crippen LogP contribution in [0.2, 0.25) is 0 Å². The first-order valence-corrected chi connectivity index (χ1v) is 12.1. The fourth-order valence-electron chi connectivity index (χ4n) is 4.55. The Morgan fingerprint density at radius 2 is 1.74 bits per heavy atom. The highest BCUT2D eigenvalue weighted by molar-refractivity contribution is 6.09. The van der Waals surface area contributed by atoms with E-state index < -0.39 is 29.8 Å². The van der Waals surface area contributed by atoms with Crippen molar-refractivity contribution in [3.05, 3.63) is 102 Å². The van der Waals surface area contributed by atoms with Gasteiger partial charge in [-0.3, -0.25) is 14.8 Å². The minimum atomic E-state index is -0.888. The number of hydrogen-bond donors (Lipinski definition) is 1. The van der Waals surface area contributed by atoms with E-state index in [2.05, 4.69) is 20.3 Å². The predicted molar refractivity (Wildman–Crippen MR) is 139 cm³/mol. The molecule has 0 saturated carbocycles. The second-order valence-corrected chi connectivity index (χ2v) is 8.90. The molecule has 1 aliphatic heterocycles. The van der Waals surface area contributed by atoms with Gasteiger partial charge in [0.25, 0.3) is 0 Å². The van der Waals surface area contributed by atoms with Gasteiger partial charge in [-0.15, -0.1) is 0 Å². The molecule has 1 N–H and O–H groups in total. The smallest absolute Gasteiger partial charge is 0.341 e. The third-order valence-electron chi connectivity index (χ3n) is 6.40. The van der Waals surface area contributed by atoms with E-state index in [9.17, 15) is 14.0 Å². The lowest BCUT2D eigenvalue weighted by atomic mass is 9.85. The summed E-state index contributed by atoms with van der Waals surface area (Å²) >= 11 is 0. The summed E-state index contributed by atoms with van der Waals surface area (Å²) < 4.78 is 24.6. The molecular weight excluding hydrogens is 487 g/mol. The van der Waals surface area contributed by atoms with Gasteiger partial charge in [-0.1, -0.05) is 30.3 Å². The molecule has 192 valence electrons. The van der Waals surface area contributed by atoms with Gasteiger partial charge in [0.15, 0.2) is 0 Å². The fourth-order valence-corrected chi connectivity index (χ4v) is 4.55. The second-order valence-electron chi connectivity index (χ2n) is 8.90. The Morgan fingerprint density at radius 1 is 0.947 bits per heavy atom. The number of ether oxygens (including phenoxy) is 2. The lowest BCUT2D eigenvalue weighted by Gasteiger charge is -2.31. The van der Waals surface area contributed by atoms with Crippen LogP contribution in [0.1, 0.15) is 29.2 Å². The van der Waals surface area contributed by atoms with Gasteiger partial charge in [0.2, 0.25) is 0 Å². The number of aliphatic imine (C=N–C) groups is 1. The quantitative estimate of drug-likeness (QED) is 0.334. The normalized spacial score (nSPS) is 17.0. The summed E-state index contributed by atoms with van der Waals surface area (Å²) in [6.07, 6.45) is 4.06. The third kappa shape index (κ3) is 5.67. The van der Waals surface area contributed by atoms with Crippen molar-refractivity contribution >= 4 is 28.7 Å². The first-order chi connectivity index (χ1) is 18.5. The highest BCUT2D eigenvalue weighted by atomic mass is 19.1. The average molecular weight is 513 g/mol. The van der Waals surface area contributed by atoms with Crippen LogP contribution in [0.5, 0.6) is 5.75 Å². The number of aryl methyl sites for hydroxylation is 1. The van der Waals surface area contributed by atoms with Crippen LogP contribution in [0.3, 0.4) is 0 Å². The van der Waals surface area contributed by atoms with Crippen LogP contribution in [0, 0.1) is 11.7 Å². The van der Waals surface area contributed by atoms with Crippen molar-refractivity contribution in [1.29, 1.82) is 0 Å². The van der Waals surface area contributed by atoms with Crippen LogP contribution in [-0.2, 0) is 22.6 Å². The molecular formula is C29H25FN4O4. The Kier molecular flexibility index (Phi) is 7.35. The number of benzene rings is 3. The first kappa shape index (κ1) is 25.0. The van der Waals surface area contributed by atoms with Gasteiger partial charge in [0, 0.05) is 18.1 Å². The predicted octanol–water partition coefficient (Wildman–Crippen LogP) is 4.98. The van der Waals surface area contributed by atoms with E-state index in [-0.39, 0.29) is 6.61 Å². The monoisotopic (exact) mass is 512 g/mol. The summed E-state index contributed by atoms with van der Waals surface area (Å²) in [7, 11) is 1.60. The number of halogens is 1. The highest BCUT2D eigenvalue weighted by Crippen LogP contribution is 2.31. The molecule has 2 heterocycles. The van der Waals surface area contributed by atoms with E-state index in [1.165, 1.54) is 12.1 Å². The standard InChI is InChI=1S/C29H25FN4O4/c1-37-22-7-3-4-18(15-22)8-10-24-26(28(35)38-17-19-5-2-6-21(30)14-19)27(34-29(36)33-24)20-9-11-23-25(16-20)32-13-12-31-23/h2-7,9,11-16,26-27H,8,10,17H2,1H3,(H,34,36). The van der Waals surface area contributed by atoms with Crippen molar-refractivity contribution in [2.24, 2.45) is 10.9 Å². The SMILES string of the molecule is COc1cccc(CCC2=NC(=O)NC(c3ccc4nccnc4c3)C2C(=O)OCc2cccc(F)c2)c1. The van der Waals surface area contributed by atoms with Gasteiger partial charge in [-0.2, -0.15) is 0 Å². The van der Waals surface area contributed by atoms with Gasteiger partial charge in [-0.25, -0.2) is 14.2 Å². The summed E-state index contributed by atoms with van der Waals surface area (Å²) in [6.45, 7) is -0.111. The summed E-state index contributed by atoms with van der Waals surface area (Å²) in [6, 6.07) is 17.6. The number of urea groups is 1. The number of nitrogens with one attached hydrogen (secondary N) is 1. The number of amides is 2. The zero-order valence-electron chi connectivity index (χ0n) is 20.6. The molecule has 0 spiro atoms. The third-order valence-corrected chi connectivity index (χ3v) is 6.40. The molecule has 0 fully saturated rings. The number of aromatic nitrogens is 2. The molecule has 4 aromatic rings. The molecule has 1 aromatic heterocycles. The molecule has 38 heavy (non-hydrogen) atoms. The highest BCUT2D eigenvalue weighted by Gasteiger charge is 2.39. The zero-order chi connectivity index (χ0) is 26.5. The lowest BCUT2D eigenvalue weighted by molar-refractivity contribution is -0.148. The topological polar surface area (TPSA) is 103 Å². The molecule has 0 aliphatic carbocycles. The maximum Gasteiger partial charge on any atom is 0.341 e. The number of esters is 1. The summed E-state index contributed by atoms with van der Waals surface area (Å²) in [5.41, 5.74) is 3.90. The Hall–Kier alpha value is -4.66. The van der Waals surface area contributed by atoms with Crippen molar-refractivity contribution in [2.75, 3.05) is 7.11 Å². The van der Waals surface area contributed by atoms with Gasteiger partial charge < -0.3 is 14.8 Å². The van der Waals surface area contributed by atoms with E-state index in [1.54, 1.807) is 49.8 Å². The summed E-state index contributed by atoms with van der Waals surface area (Å²) in [4.78, 5) is 39.1. The van der Waals surface area contributed by atoms with E-state index in [0.717, 1.165) is 5.56 Å². The molecule has 2 atom stereocenters. The lowest BCUT2D eigenvalue weighted by Crippen LogP contribution is -2.45.